The molecule has 0 radical (unpaired) electrons. The summed E-state index contributed by atoms with van der Waals surface area (Å²) in [5, 5.41) is 5.17. The maximum Gasteiger partial charge on any atom is 0.272 e. The van der Waals surface area contributed by atoms with Crippen LogP contribution in [0.15, 0.2) is 26.2 Å². The number of hydrogen-bond donors (Lipinski definition) is 1. The van der Waals surface area contributed by atoms with Gasteiger partial charge in [-0.15, -0.1) is 11.3 Å². The highest BCUT2D eigenvalue weighted by Crippen LogP contribution is 2.24. The highest BCUT2D eigenvalue weighted by atomic mass is 32.2. The van der Waals surface area contributed by atoms with Gasteiger partial charge in [0.1, 0.15) is 9.97 Å². The Morgan fingerprint density at radius 1 is 1.36 bits per heavy atom. The molecule has 118 valence electrons. The third kappa shape index (κ3) is 3.00. The van der Waals surface area contributed by atoms with Crippen molar-refractivity contribution in [1.82, 2.24) is 10.1 Å². The topological polar surface area (TPSA) is 92.5 Å². The number of anilines is 1. The summed E-state index contributed by atoms with van der Waals surface area (Å²) >= 11 is 1.01. The number of nitrogens with zero attached hydrogens (tertiary/aromatic N) is 2. The van der Waals surface area contributed by atoms with Crippen LogP contribution in [0.1, 0.15) is 29.0 Å². The molecule has 1 saturated heterocycles. The number of carbonyl (C=O) groups is 1. The zero-order valence-electron chi connectivity index (χ0n) is 11.9. The van der Waals surface area contributed by atoms with Crippen LogP contribution in [0.4, 0.5) is 5.82 Å². The molecule has 0 bridgehead atoms. The number of aryl methyl sites for hydroxylation is 1. The molecule has 1 fully saturated rings. The van der Waals surface area contributed by atoms with Gasteiger partial charge in [0.2, 0.25) is 0 Å². The molecule has 2 aromatic heterocycles. The van der Waals surface area contributed by atoms with Crippen LogP contribution >= 0.6 is 11.3 Å². The first-order valence-corrected chi connectivity index (χ1v) is 9.16. The van der Waals surface area contributed by atoms with Crippen molar-refractivity contribution < 1.29 is 17.7 Å². The van der Waals surface area contributed by atoms with E-state index >= 15 is 0 Å². The second-order valence-corrected chi connectivity index (χ2v) is 7.90. The Labute approximate surface area is 132 Å². The van der Waals surface area contributed by atoms with Gasteiger partial charge in [0, 0.05) is 24.5 Å². The Hall–Kier alpha value is -1.87. The highest BCUT2D eigenvalue weighted by molar-refractivity contribution is 7.94. The summed E-state index contributed by atoms with van der Waals surface area (Å²) in [7, 11) is -3.76. The van der Waals surface area contributed by atoms with E-state index in [1.165, 1.54) is 12.1 Å². The molecule has 1 aliphatic heterocycles. The van der Waals surface area contributed by atoms with E-state index < -0.39 is 10.0 Å². The Balaban J connectivity index is 1.78. The van der Waals surface area contributed by atoms with Crippen molar-refractivity contribution in [2.75, 3.05) is 17.8 Å². The van der Waals surface area contributed by atoms with Gasteiger partial charge >= 0.3 is 0 Å². The first-order valence-electron chi connectivity index (χ1n) is 6.80. The first kappa shape index (κ1) is 15.0. The minimum Gasteiger partial charge on any atom is -0.360 e. The quantitative estimate of drug-likeness (QED) is 0.919. The zero-order chi connectivity index (χ0) is 15.7. The van der Waals surface area contributed by atoms with Crippen LogP contribution in [0, 0.1) is 6.92 Å². The molecule has 0 aromatic carbocycles. The van der Waals surface area contributed by atoms with Gasteiger partial charge in [0.15, 0.2) is 5.82 Å². The predicted octanol–water partition coefficient (Wildman–Crippen LogP) is 2.08. The molecule has 1 amide bonds. The van der Waals surface area contributed by atoms with Gasteiger partial charge in [-0.1, -0.05) is 5.16 Å². The maximum atomic E-state index is 12.3. The van der Waals surface area contributed by atoms with Crippen LogP contribution in [-0.4, -0.2) is 37.5 Å². The van der Waals surface area contributed by atoms with E-state index in [0.29, 0.717) is 11.3 Å². The molecule has 0 saturated carbocycles. The summed E-state index contributed by atoms with van der Waals surface area (Å²) in [5.41, 5.74) is 0.406. The lowest BCUT2D eigenvalue weighted by Crippen LogP contribution is -2.27. The Morgan fingerprint density at radius 3 is 2.73 bits per heavy atom. The van der Waals surface area contributed by atoms with Crippen molar-refractivity contribution in [2.24, 2.45) is 0 Å². The number of carbonyl (C=O) groups excluding carboxylic acids is 1. The summed E-state index contributed by atoms with van der Waals surface area (Å²) in [4.78, 5) is 14.0. The molecule has 22 heavy (non-hydrogen) atoms. The monoisotopic (exact) mass is 341 g/mol. The lowest BCUT2D eigenvalue weighted by molar-refractivity contribution is 0.0793. The molecular weight excluding hydrogens is 326 g/mol. The fourth-order valence-electron chi connectivity index (χ4n) is 2.27. The molecule has 3 heterocycles. The van der Waals surface area contributed by atoms with Gasteiger partial charge < -0.3 is 9.42 Å². The number of hydrogen-bond acceptors (Lipinski definition) is 6. The molecule has 7 nitrogen and oxygen atoms in total. The summed E-state index contributed by atoms with van der Waals surface area (Å²) < 4.78 is 31.8. The average molecular weight is 341 g/mol. The van der Waals surface area contributed by atoms with E-state index in [9.17, 15) is 13.2 Å². The SMILES string of the molecule is Cc1cc(NS(=O)(=O)c2cc(C(=O)N3CCCC3)cs2)no1. The second-order valence-electron chi connectivity index (χ2n) is 5.08. The van der Waals surface area contributed by atoms with Crippen molar-refractivity contribution in [3.63, 3.8) is 0 Å². The number of likely N-dealkylation sites (tertiary alicyclic amines) is 1. The van der Waals surface area contributed by atoms with E-state index in [1.54, 1.807) is 17.2 Å². The highest BCUT2D eigenvalue weighted by Gasteiger charge is 2.24. The van der Waals surface area contributed by atoms with Gasteiger partial charge in [-0.2, -0.15) is 0 Å². The van der Waals surface area contributed by atoms with E-state index in [1.807, 2.05) is 0 Å². The Kier molecular flexibility index (Phi) is 3.92. The molecule has 1 N–H and O–H groups in total. The van der Waals surface area contributed by atoms with Gasteiger partial charge in [-0.05, 0) is 25.8 Å². The van der Waals surface area contributed by atoms with Crippen LogP contribution < -0.4 is 4.72 Å². The molecule has 0 aliphatic carbocycles. The predicted molar refractivity (Wildman–Crippen MR) is 81.5 cm³/mol. The van der Waals surface area contributed by atoms with E-state index in [4.69, 9.17) is 4.52 Å². The van der Waals surface area contributed by atoms with Crippen LogP contribution in [0.5, 0.6) is 0 Å². The number of thiophene rings is 1. The van der Waals surface area contributed by atoms with Gasteiger partial charge in [-0.25, -0.2) is 8.42 Å². The van der Waals surface area contributed by atoms with E-state index in [2.05, 4.69) is 9.88 Å². The van der Waals surface area contributed by atoms with Crippen molar-refractivity contribution >= 4 is 33.1 Å². The summed E-state index contributed by atoms with van der Waals surface area (Å²) in [6.45, 7) is 3.13. The van der Waals surface area contributed by atoms with Crippen LogP contribution in [0.25, 0.3) is 0 Å². The van der Waals surface area contributed by atoms with Crippen LogP contribution in [-0.2, 0) is 10.0 Å². The number of amides is 1. The van der Waals surface area contributed by atoms with Gasteiger partial charge in [0.05, 0.1) is 5.56 Å². The summed E-state index contributed by atoms with van der Waals surface area (Å²) in [6.07, 6.45) is 1.99. The largest absolute Gasteiger partial charge is 0.360 e. The van der Waals surface area contributed by atoms with Crippen molar-refractivity contribution in [3.05, 3.63) is 28.8 Å². The lowest BCUT2D eigenvalue weighted by atomic mass is 10.3. The Morgan fingerprint density at radius 2 is 2.09 bits per heavy atom. The second kappa shape index (κ2) is 5.73. The third-order valence-electron chi connectivity index (χ3n) is 3.35. The standard InChI is InChI=1S/C13H15N3O4S2/c1-9-6-11(14-20-9)15-22(18,19)12-7-10(8-21-12)13(17)16-4-2-3-5-16/h6-8H,2-5H2,1H3,(H,14,15). The van der Waals surface area contributed by atoms with E-state index in [-0.39, 0.29) is 15.9 Å². The molecule has 0 spiro atoms. The maximum absolute atomic E-state index is 12.3. The lowest BCUT2D eigenvalue weighted by Gasteiger charge is -2.13. The third-order valence-corrected chi connectivity index (χ3v) is 6.14. The number of rotatable bonds is 4. The van der Waals surface area contributed by atoms with Gasteiger partial charge in [0.25, 0.3) is 15.9 Å². The minimum absolute atomic E-state index is 0.0794. The van der Waals surface area contributed by atoms with Crippen molar-refractivity contribution in [2.45, 2.75) is 24.0 Å². The molecule has 1 aliphatic rings. The summed E-state index contributed by atoms with van der Waals surface area (Å²) in [5.74, 6) is 0.513. The molecule has 0 atom stereocenters. The molecule has 9 heteroatoms. The fraction of sp³-hybridized carbons (Fsp3) is 0.385. The fourth-order valence-corrected chi connectivity index (χ4v) is 4.41. The molecule has 0 unspecified atom stereocenters. The minimum atomic E-state index is -3.76. The number of aromatic nitrogens is 1. The zero-order valence-corrected chi connectivity index (χ0v) is 13.5. The Bertz CT molecular complexity index is 788. The normalized spacial score (nSPS) is 15.2. The molecule has 2 aromatic rings. The van der Waals surface area contributed by atoms with Gasteiger partial charge in [-0.3, -0.25) is 9.52 Å². The average Bonchev–Trinajstić information content (AvgIpc) is 3.19. The van der Waals surface area contributed by atoms with Crippen LogP contribution in [0.3, 0.4) is 0 Å². The number of sulfonamides is 1. The first-order chi connectivity index (χ1) is 10.5. The van der Waals surface area contributed by atoms with Crippen molar-refractivity contribution in [3.8, 4) is 0 Å². The van der Waals surface area contributed by atoms with Crippen LogP contribution in [0.2, 0.25) is 0 Å². The number of nitrogens with one attached hydrogen (secondary N) is 1. The smallest absolute Gasteiger partial charge is 0.272 e. The summed E-state index contributed by atoms with van der Waals surface area (Å²) in [6, 6.07) is 2.89. The molecule has 3 rings (SSSR count). The van der Waals surface area contributed by atoms with Crippen molar-refractivity contribution in [1.29, 1.82) is 0 Å². The van der Waals surface area contributed by atoms with E-state index in [0.717, 1.165) is 37.3 Å². The molecular formula is C13H15N3O4S2.